The summed E-state index contributed by atoms with van der Waals surface area (Å²) in [7, 11) is 3.83. The Kier molecular flexibility index (Phi) is 3.21. The Morgan fingerprint density at radius 2 is 1.90 bits per heavy atom. The van der Waals surface area contributed by atoms with Gasteiger partial charge < -0.3 is 10.2 Å². The lowest BCUT2D eigenvalue weighted by Gasteiger charge is -2.13. The van der Waals surface area contributed by atoms with Gasteiger partial charge >= 0.3 is 0 Å². The fourth-order valence-electron chi connectivity index (χ4n) is 2.07. The number of anilines is 3. The summed E-state index contributed by atoms with van der Waals surface area (Å²) in [5, 5.41) is 11.2. The van der Waals surface area contributed by atoms with Gasteiger partial charge in [-0.1, -0.05) is 6.07 Å². The van der Waals surface area contributed by atoms with Crippen LogP contribution in [0.5, 0.6) is 0 Å². The van der Waals surface area contributed by atoms with Crippen molar-refractivity contribution >= 4 is 28.5 Å². The molecule has 6 nitrogen and oxygen atoms in total. The first kappa shape index (κ1) is 13.4. The number of rotatable bonds is 3. The quantitative estimate of drug-likeness (QED) is 0.773. The Morgan fingerprint density at radius 1 is 1.10 bits per heavy atom. The van der Waals surface area contributed by atoms with Gasteiger partial charge in [0.1, 0.15) is 5.82 Å². The molecule has 0 aliphatic carbocycles. The lowest BCUT2D eigenvalue weighted by molar-refractivity contribution is 1.01. The molecule has 0 aliphatic rings. The predicted octanol–water partition coefficient (Wildman–Crippen LogP) is 2.78. The molecule has 0 saturated heterocycles. The van der Waals surface area contributed by atoms with Crippen LogP contribution < -0.4 is 10.2 Å². The minimum atomic E-state index is 0.637. The molecule has 2 aromatic heterocycles. The van der Waals surface area contributed by atoms with E-state index in [1.165, 1.54) is 11.1 Å². The van der Waals surface area contributed by atoms with E-state index in [0.717, 1.165) is 22.5 Å². The standard InChI is InChI=1S/C15H18N6/c1-9-5-6-11(7-10(9)2)17-13-12-8-16-20-14(12)19-15(18-13)21(3)4/h5-8H,1-4H3,(H2,16,17,18,19,20). The van der Waals surface area contributed by atoms with Crippen molar-refractivity contribution in [1.82, 2.24) is 20.2 Å². The van der Waals surface area contributed by atoms with E-state index in [2.05, 4.69) is 51.5 Å². The van der Waals surface area contributed by atoms with Crippen LogP contribution in [0.3, 0.4) is 0 Å². The average molecular weight is 282 g/mol. The highest BCUT2D eigenvalue weighted by molar-refractivity contribution is 5.89. The molecule has 3 rings (SSSR count). The van der Waals surface area contributed by atoms with Crippen molar-refractivity contribution in [3.63, 3.8) is 0 Å². The first-order valence-electron chi connectivity index (χ1n) is 6.77. The zero-order chi connectivity index (χ0) is 15.0. The number of hydrogen-bond donors (Lipinski definition) is 2. The molecule has 0 radical (unpaired) electrons. The van der Waals surface area contributed by atoms with Crippen molar-refractivity contribution in [2.75, 3.05) is 24.3 Å². The lowest BCUT2D eigenvalue weighted by atomic mass is 10.1. The molecule has 21 heavy (non-hydrogen) atoms. The van der Waals surface area contributed by atoms with Gasteiger partial charge in [-0.3, -0.25) is 5.10 Å². The van der Waals surface area contributed by atoms with Crippen molar-refractivity contribution in [3.8, 4) is 0 Å². The van der Waals surface area contributed by atoms with Gasteiger partial charge in [0, 0.05) is 19.8 Å². The number of hydrogen-bond acceptors (Lipinski definition) is 5. The first-order chi connectivity index (χ1) is 10.0. The predicted molar refractivity (Wildman–Crippen MR) is 85.2 cm³/mol. The van der Waals surface area contributed by atoms with Gasteiger partial charge in [0.25, 0.3) is 0 Å². The Balaban J connectivity index is 2.06. The molecule has 0 amide bonds. The van der Waals surface area contributed by atoms with Crippen molar-refractivity contribution in [2.24, 2.45) is 0 Å². The monoisotopic (exact) mass is 282 g/mol. The largest absolute Gasteiger partial charge is 0.347 e. The second-order valence-corrected chi connectivity index (χ2v) is 5.32. The third-order valence-corrected chi connectivity index (χ3v) is 3.47. The molecule has 0 bridgehead atoms. The minimum Gasteiger partial charge on any atom is -0.347 e. The molecule has 0 spiro atoms. The van der Waals surface area contributed by atoms with E-state index in [-0.39, 0.29) is 0 Å². The summed E-state index contributed by atoms with van der Waals surface area (Å²) in [5.74, 6) is 1.39. The van der Waals surface area contributed by atoms with E-state index in [1.54, 1.807) is 6.20 Å². The van der Waals surface area contributed by atoms with E-state index in [0.29, 0.717) is 5.95 Å². The second-order valence-electron chi connectivity index (χ2n) is 5.32. The summed E-state index contributed by atoms with van der Waals surface area (Å²) in [4.78, 5) is 10.9. The maximum atomic E-state index is 4.56. The second kappa shape index (κ2) is 5.05. The molecular weight excluding hydrogens is 264 g/mol. The van der Waals surface area contributed by atoms with Crippen LogP contribution in [0, 0.1) is 13.8 Å². The number of aryl methyl sites for hydroxylation is 2. The Bertz CT molecular complexity index is 790. The molecule has 0 saturated carbocycles. The van der Waals surface area contributed by atoms with Crippen LogP contribution in [-0.4, -0.2) is 34.3 Å². The van der Waals surface area contributed by atoms with E-state index in [4.69, 9.17) is 0 Å². The van der Waals surface area contributed by atoms with Crippen molar-refractivity contribution in [1.29, 1.82) is 0 Å². The Hall–Kier alpha value is -2.63. The van der Waals surface area contributed by atoms with Crippen LogP contribution in [-0.2, 0) is 0 Å². The molecule has 0 aliphatic heterocycles. The first-order valence-corrected chi connectivity index (χ1v) is 6.77. The van der Waals surface area contributed by atoms with Crippen LogP contribution in [0.25, 0.3) is 11.0 Å². The summed E-state index contributed by atoms with van der Waals surface area (Å²) in [6.45, 7) is 4.20. The van der Waals surface area contributed by atoms with E-state index in [1.807, 2.05) is 25.1 Å². The van der Waals surface area contributed by atoms with Gasteiger partial charge in [0.15, 0.2) is 5.65 Å². The molecule has 108 valence electrons. The zero-order valence-electron chi connectivity index (χ0n) is 12.6. The molecule has 0 atom stereocenters. The minimum absolute atomic E-state index is 0.637. The number of aromatic amines is 1. The number of nitrogens with one attached hydrogen (secondary N) is 2. The molecule has 3 aromatic rings. The molecule has 1 aromatic carbocycles. The van der Waals surface area contributed by atoms with Gasteiger partial charge in [-0.2, -0.15) is 15.1 Å². The van der Waals surface area contributed by atoms with Crippen molar-refractivity contribution < 1.29 is 0 Å². The molecule has 6 heteroatoms. The van der Waals surface area contributed by atoms with E-state index < -0.39 is 0 Å². The molecule has 2 heterocycles. The number of aromatic nitrogens is 4. The third-order valence-electron chi connectivity index (χ3n) is 3.47. The Morgan fingerprint density at radius 3 is 2.62 bits per heavy atom. The van der Waals surface area contributed by atoms with Crippen molar-refractivity contribution in [3.05, 3.63) is 35.5 Å². The summed E-state index contributed by atoms with van der Waals surface area (Å²) >= 11 is 0. The average Bonchev–Trinajstić information content (AvgIpc) is 2.91. The van der Waals surface area contributed by atoms with Gasteiger partial charge in [-0.25, -0.2) is 0 Å². The smallest absolute Gasteiger partial charge is 0.228 e. The SMILES string of the molecule is Cc1ccc(Nc2nc(N(C)C)nc3[nH]ncc23)cc1C. The molecule has 0 fully saturated rings. The van der Waals surface area contributed by atoms with Crippen LogP contribution in [0.4, 0.5) is 17.5 Å². The number of H-pyrrole nitrogens is 1. The zero-order valence-corrected chi connectivity index (χ0v) is 12.6. The molecule has 0 unspecified atom stereocenters. The molecule has 2 N–H and O–H groups in total. The summed E-state index contributed by atoms with van der Waals surface area (Å²) in [5.41, 5.74) is 4.24. The molecular formula is C15H18N6. The van der Waals surface area contributed by atoms with E-state index in [9.17, 15) is 0 Å². The highest BCUT2D eigenvalue weighted by Crippen LogP contribution is 2.25. The lowest BCUT2D eigenvalue weighted by Crippen LogP contribution is -2.13. The van der Waals surface area contributed by atoms with Gasteiger partial charge in [-0.15, -0.1) is 0 Å². The van der Waals surface area contributed by atoms with Crippen LogP contribution in [0.2, 0.25) is 0 Å². The fraction of sp³-hybridized carbons (Fsp3) is 0.267. The van der Waals surface area contributed by atoms with Crippen LogP contribution in [0.15, 0.2) is 24.4 Å². The van der Waals surface area contributed by atoms with Crippen LogP contribution >= 0.6 is 0 Å². The highest BCUT2D eigenvalue weighted by atomic mass is 15.3. The summed E-state index contributed by atoms with van der Waals surface area (Å²) in [6.07, 6.45) is 1.73. The maximum Gasteiger partial charge on any atom is 0.228 e. The number of benzene rings is 1. The normalized spacial score (nSPS) is 10.9. The number of fused-ring (bicyclic) bond motifs is 1. The van der Waals surface area contributed by atoms with Crippen LogP contribution in [0.1, 0.15) is 11.1 Å². The maximum absolute atomic E-state index is 4.56. The van der Waals surface area contributed by atoms with Gasteiger partial charge in [0.2, 0.25) is 5.95 Å². The van der Waals surface area contributed by atoms with E-state index >= 15 is 0 Å². The fourth-order valence-corrected chi connectivity index (χ4v) is 2.07. The number of nitrogens with zero attached hydrogens (tertiary/aromatic N) is 4. The summed E-state index contributed by atoms with van der Waals surface area (Å²) < 4.78 is 0. The Labute approximate surface area is 123 Å². The highest BCUT2D eigenvalue weighted by Gasteiger charge is 2.11. The third kappa shape index (κ3) is 2.52. The topological polar surface area (TPSA) is 69.7 Å². The van der Waals surface area contributed by atoms with Gasteiger partial charge in [0.05, 0.1) is 11.6 Å². The van der Waals surface area contributed by atoms with Gasteiger partial charge in [-0.05, 0) is 37.1 Å². The van der Waals surface area contributed by atoms with Crippen molar-refractivity contribution in [2.45, 2.75) is 13.8 Å². The summed E-state index contributed by atoms with van der Waals surface area (Å²) in [6, 6.07) is 6.25.